The van der Waals surface area contributed by atoms with Crippen molar-refractivity contribution in [2.75, 3.05) is 11.9 Å². The summed E-state index contributed by atoms with van der Waals surface area (Å²) < 4.78 is 45.4. The van der Waals surface area contributed by atoms with E-state index >= 15 is 0 Å². The maximum absolute atomic E-state index is 13.1. The van der Waals surface area contributed by atoms with Gasteiger partial charge in [0.1, 0.15) is 0 Å². The van der Waals surface area contributed by atoms with Gasteiger partial charge in [-0.3, -0.25) is 9.59 Å². The molecular weight excluding hydrogens is 411 g/mol. The number of nitrogens with zero attached hydrogens (tertiary/aromatic N) is 2. The molecule has 10 heteroatoms. The molecular formula is C19H13ClF3N3O3. The zero-order valence-electron chi connectivity index (χ0n) is 14.6. The zero-order valence-corrected chi connectivity index (χ0v) is 15.4. The number of rotatable bonds is 5. The van der Waals surface area contributed by atoms with E-state index in [1.165, 1.54) is 36.4 Å². The summed E-state index contributed by atoms with van der Waals surface area (Å²) in [6, 6.07) is 13.9. The molecule has 0 unspecified atom stereocenters. The molecule has 6 nitrogen and oxygen atoms in total. The lowest BCUT2D eigenvalue weighted by molar-refractivity contribution is -0.141. The van der Waals surface area contributed by atoms with Crippen molar-refractivity contribution in [1.82, 2.24) is 9.78 Å². The van der Waals surface area contributed by atoms with Crippen molar-refractivity contribution in [1.29, 1.82) is 0 Å². The Morgan fingerprint density at radius 3 is 2.52 bits per heavy atom. The predicted molar refractivity (Wildman–Crippen MR) is 100 cm³/mol. The van der Waals surface area contributed by atoms with E-state index in [2.05, 4.69) is 10.4 Å². The van der Waals surface area contributed by atoms with Gasteiger partial charge in [-0.1, -0.05) is 35.9 Å². The van der Waals surface area contributed by atoms with Crippen molar-refractivity contribution in [3.05, 3.63) is 81.6 Å². The Kier molecular flexibility index (Phi) is 5.88. The van der Waals surface area contributed by atoms with E-state index in [4.69, 9.17) is 16.3 Å². The largest absolute Gasteiger partial charge is 0.467 e. The van der Waals surface area contributed by atoms with Gasteiger partial charge in [0.25, 0.3) is 5.91 Å². The van der Waals surface area contributed by atoms with Gasteiger partial charge in [0, 0.05) is 17.8 Å². The van der Waals surface area contributed by atoms with Gasteiger partial charge in [0.15, 0.2) is 17.7 Å². The molecule has 1 N–H and O–H groups in total. The quantitative estimate of drug-likeness (QED) is 0.675. The highest BCUT2D eigenvalue weighted by Crippen LogP contribution is 2.33. The SMILES string of the molecule is O=C(COc1cc(C(F)(F)F)nn1-c1ccccc1Cl)Nc1ccccc(=O)c1. The number of hydrogen-bond acceptors (Lipinski definition) is 4. The highest BCUT2D eigenvalue weighted by molar-refractivity contribution is 6.32. The molecule has 0 aliphatic carbocycles. The summed E-state index contributed by atoms with van der Waals surface area (Å²) in [4.78, 5) is 23.6. The third-order valence-electron chi connectivity index (χ3n) is 3.63. The van der Waals surface area contributed by atoms with Gasteiger partial charge < -0.3 is 10.1 Å². The molecule has 0 bridgehead atoms. The average Bonchev–Trinajstić information content (AvgIpc) is 2.98. The number of carbonyl (C=O) groups excluding carboxylic acids is 1. The van der Waals surface area contributed by atoms with Gasteiger partial charge >= 0.3 is 6.18 Å². The minimum atomic E-state index is -4.71. The topological polar surface area (TPSA) is 73.2 Å². The summed E-state index contributed by atoms with van der Waals surface area (Å²) in [5.74, 6) is -0.986. The molecule has 0 radical (unpaired) electrons. The molecule has 0 spiro atoms. The van der Waals surface area contributed by atoms with Crippen LogP contribution in [0.1, 0.15) is 5.69 Å². The smallest absolute Gasteiger partial charge is 0.435 e. The standard InChI is InChI=1S/C19H13ClF3N3O3/c20-14-7-3-4-8-15(14)26-18(10-16(25-26)19(21,22)23)29-11-17(28)24-12-5-1-2-6-13(27)9-12/h1-10H,11H2,(H,24,28). The van der Waals surface area contributed by atoms with E-state index in [1.54, 1.807) is 18.2 Å². The maximum atomic E-state index is 13.1. The minimum absolute atomic E-state index is 0.151. The summed E-state index contributed by atoms with van der Waals surface area (Å²) in [5, 5.41) is 6.09. The lowest BCUT2D eigenvalue weighted by Gasteiger charge is -2.10. The number of anilines is 1. The van der Waals surface area contributed by atoms with E-state index in [0.29, 0.717) is 6.07 Å². The Hall–Kier alpha value is -3.33. The lowest BCUT2D eigenvalue weighted by atomic mass is 10.3. The van der Waals surface area contributed by atoms with Crippen LogP contribution in [0, 0.1) is 0 Å². The minimum Gasteiger partial charge on any atom is -0.467 e. The Morgan fingerprint density at radius 1 is 1.10 bits per heavy atom. The predicted octanol–water partition coefficient (Wildman–Crippen LogP) is 3.92. The molecule has 0 aliphatic rings. The molecule has 150 valence electrons. The second-order valence-corrected chi connectivity index (χ2v) is 6.19. The number of ether oxygens (including phenoxy) is 1. The second kappa shape index (κ2) is 8.36. The number of alkyl halides is 3. The molecule has 1 amide bonds. The van der Waals surface area contributed by atoms with E-state index in [9.17, 15) is 22.8 Å². The highest BCUT2D eigenvalue weighted by Gasteiger charge is 2.36. The van der Waals surface area contributed by atoms with Crippen LogP contribution in [0.3, 0.4) is 0 Å². The molecule has 0 aliphatic heterocycles. The molecule has 3 aromatic rings. The number of hydrogen-bond donors (Lipinski definition) is 1. The van der Waals surface area contributed by atoms with Crippen LogP contribution in [0.5, 0.6) is 5.88 Å². The third-order valence-corrected chi connectivity index (χ3v) is 3.95. The first-order valence-corrected chi connectivity index (χ1v) is 8.57. The number of carbonyl (C=O) groups is 1. The Balaban J connectivity index is 1.83. The van der Waals surface area contributed by atoms with E-state index in [-0.39, 0.29) is 27.7 Å². The van der Waals surface area contributed by atoms with Crippen molar-refractivity contribution in [3.63, 3.8) is 0 Å². The van der Waals surface area contributed by atoms with E-state index < -0.39 is 24.4 Å². The molecule has 0 fully saturated rings. The summed E-state index contributed by atoms with van der Waals surface area (Å²) >= 11 is 6.05. The van der Waals surface area contributed by atoms with Crippen LogP contribution in [0.4, 0.5) is 18.9 Å². The first-order valence-electron chi connectivity index (χ1n) is 8.19. The second-order valence-electron chi connectivity index (χ2n) is 5.79. The molecule has 2 aromatic carbocycles. The Morgan fingerprint density at radius 2 is 1.79 bits per heavy atom. The van der Waals surface area contributed by atoms with Crippen LogP contribution in [-0.4, -0.2) is 22.3 Å². The molecule has 0 saturated heterocycles. The molecule has 1 heterocycles. The molecule has 0 saturated carbocycles. The Labute approximate surface area is 167 Å². The van der Waals surface area contributed by atoms with Crippen molar-refractivity contribution in [2.24, 2.45) is 0 Å². The molecule has 3 rings (SSSR count). The first kappa shape index (κ1) is 20.4. The van der Waals surface area contributed by atoms with Crippen LogP contribution in [0.2, 0.25) is 5.02 Å². The number of aromatic nitrogens is 2. The van der Waals surface area contributed by atoms with Gasteiger partial charge in [0.05, 0.1) is 10.7 Å². The van der Waals surface area contributed by atoms with Gasteiger partial charge in [-0.15, -0.1) is 0 Å². The zero-order chi connectivity index (χ0) is 21.0. The van der Waals surface area contributed by atoms with Gasteiger partial charge in [-0.05, 0) is 24.3 Å². The van der Waals surface area contributed by atoms with Crippen molar-refractivity contribution in [3.8, 4) is 11.6 Å². The fraction of sp³-hybridized carbons (Fsp3) is 0.105. The third kappa shape index (κ3) is 5.14. The number of nitrogens with one attached hydrogen (secondary N) is 1. The summed E-state index contributed by atoms with van der Waals surface area (Å²) in [6.07, 6.45) is -4.71. The highest BCUT2D eigenvalue weighted by atomic mass is 35.5. The molecule has 0 atom stereocenters. The van der Waals surface area contributed by atoms with Crippen LogP contribution in [0.25, 0.3) is 5.69 Å². The van der Waals surface area contributed by atoms with Gasteiger partial charge in [0.2, 0.25) is 5.88 Å². The number of amides is 1. The van der Waals surface area contributed by atoms with Crippen LogP contribution < -0.4 is 15.5 Å². The average molecular weight is 424 g/mol. The van der Waals surface area contributed by atoms with Crippen molar-refractivity contribution in [2.45, 2.75) is 6.18 Å². The maximum Gasteiger partial charge on any atom is 0.435 e. The first-order chi connectivity index (χ1) is 13.7. The molecule has 1 aromatic heterocycles. The lowest BCUT2D eigenvalue weighted by Crippen LogP contribution is -2.21. The number of halogens is 4. The number of benzene rings is 1. The van der Waals surface area contributed by atoms with Gasteiger partial charge in [-0.25, -0.2) is 0 Å². The Bertz CT molecular complexity index is 1100. The van der Waals surface area contributed by atoms with Crippen molar-refractivity contribution >= 4 is 23.2 Å². The summed E-state index contributed by atoms with van der Waals surface area (Å²) in [6.45, 7) is -0.611. The number of para-hydroxylation sites is 1. The van der Waals surface area contributed by atoms with Crippen LogP contribution in [-0.2, 0) is 11.0 Å². The fourth-order valence-corrected chi connectivity index (χ4v) is 2.59. The fourth-order valence-electron chi connectivity index (χ4n) is 2.37. The summed E-state index contributed by atoms with van der Waals surface area (Å²) in [5.41, 5.74) is -1.13. The molecule has 29 heavy (non-hydrogen) atoms. The van der Waals surface area contributed by atoms with Crippen LogP contribution in [0.15, 0.2) is 65.5 Å². The van der Waals surface area contributed by atoms with E-state index in [0.717, 1.165) is 4.68 Å². The van der Waals surface area contributed by atoms with Crippen molar-refractivity contribution < 1.29 is 22.7 Å². The monoisotopic (exact) mass is 423 g/mol. The van der Waals surface area contributed by atoms with E-state index in [1.807, 2.05) is 0 Å². The van der Waals surface area contributed by atoms with Gasteiger partial charge in [-0.2, -0.15) is 23.0 Å². The summed E-state index contributed by atoms with van der Waals surface area (Å²) in [7, 11) is 0. The normalized spacial score (nSPS) is 11.2. The van der Waals surface area contributed by atoms with Crippen LogP contribution >= 0.6 is 11.6 Å².